The topological polar surface area (TPSA) is 67.1 Å². The molecule has 3 aromatic rings. The Labute approximate surface area is 223 Å². The normalized spacial score (nSPS) is 20.9. The van der Waals surface area contributed by atoms with Gasteiger partial charge in [-0.2, -0.15) is 10.1 Å². The lowest BCUT2D eigenvalue weighted by molar-refractivity contribution is -0.112. The Morgan fingerprint density at radius 3 is 2.51 bits per heavy atom. The van der Waals surface area contributed by atoms with Crippen LogP contribution in [0.1, 0.15) is 45.1 Å². The lowest BCUT2D eigenvalue weighted by Crippen LogP contribution is -2.38. The number of anilines is 2. The van der Waals surface area contributed by atoms with Crippen LogP contribution < -0.4 is 29.4 Å². The molecule has 1 aliphatic carbocycles. The summed E-state index contributed by atoms with van der Waals surface area (Å²) < 4.78 is 8.71. The van der Waals surface area contributed by atoms with Crippen LogP contribution in [-0.4, -0.2) is 30.3 Å². The molecule has 1 amide bonds. The summed E-state index contributed by atoms with van der Waals surface area (Å²) in [5.41, 5.74) is 2.86. The van der Waals surface area contributed by atoms with Gasteiger partial charge in [-0.05, 0) is 44.0 Å². The number of hydrogen-bond donors (Lipinski definition) is 0. The molecule has 0 bridgehead atoms. The Hall–Kier alpha value is -3.30. The highest BCUT2D eigenvalue weighted by Crippen LogP contribution is 2.46. The lowest BCUT2D eigenvalue weighted by atomic mass is 9.95. The fourth-order valence-corrected chi connectivity index (χ4v) is 7.90. The SMILES string of the molecule is COc1ccc2c(c1)N(C)/C(=c1/sc(=C3C(=O)N(c4ccccc4)N=C3C)n(C3CCCCC3)c1=O)S2. The zero-order chi connectivity index (χ0) is 25.7. The molecule has 3 aliphatic rings. The van der Waals surface area contributed by atoms with Crippen molar-refractivity contribution < 1.29 is 9.53 Å². The zero-order valence-electron chi connectivity index (χ0n) is 21.1. The molecule has 1 fully saturated rings. The second-order valence-electron chi connectivity index (χ2n) is 9.52. The van der Waals surface area contributed by atoms with Gasteiger partial charge in [-0.1, -0.05) is 49.2 Å². The minimum absolute atomic E-state index is 0.0210. The van der Waals surface area contributed by atoms with Crippen LogP contribution in [0.5, 0.6) is 5.75 Å². The first-order valence-electron chi connectivity index (χ1n) is 12.5. The number of rotatable bonds is 3. The summed E-state index contributed by atoms with van der Waals surface area (Å²) in [4.78, 5) is 31.0. The van der Waals surface area contributed by atoms with E-state index in [1.165, 1.54) is 22.8 Å². The molecule has 0 spiro atoms. The number of nitrogens with zero attached hydrogens (tertiary/aromatic N) is 4. The molecule has 0 radical (unpaired) electrons. The number of thiazole rings is 1. The van der Waals surface area contributed by atoms with Gasteiger partial charge in [-0.3, -0.25) is 14.2 Å². The maximum Gasteiger partial charge on any atom is 0.283 e. The number of amides is 1. The molecule has 37 heavy (non-hydrogen) atoms. The largest absolute Gasteiger partial charge is 0.497 e. The van der Waals surface area contributed by atoms with Gasteiger partial charge in [-0.25, -0.2) is 0 Å². The second-order valence-corrected chi connectivity index (χ2v) is 11.5. The van der Waals surface area contributed by atoms with Crippen molar-refractivity contribution in [3.05, 3.63) is 68.1 Å². The van der Waals surface area contributed by atoms with Crippen LogP contribution in [-0.2, 0) is 4.79 Å². The van der Waals surface area contributed by atoms with Gasteiger partial charge >= 0.3 is 0 Å². The molecule has 0 N–H and O–H groups in total. The maximum absolute atomic E-state index is 14.1. The second kappa shape index (κ2) is 9.54. The molecule has 2 aromatic carbocycles. The van der Waals surface area contributed by atoms with Gasteiger partial charge < -0.3 is 9.64 Å². The lowest BCUT2D eigenvalue weighted by Gasteiger charge is -2.23. The van der Waals surface area contributed by atoms with Crippen LogP contribution in [0.3, 0.4) is 0 Å². The molecule has 190 valence electrons. The number of hydrazone groups is 1. The van der Waals surface area contributed by atoms with E-state index >= 15 is 0 Å². The molecule has 0 saturated heterocycles. The van der Waals surface area contributed by atoms with E-state index in [1.807, 2.05) is 67.1 Å². The highest BCUT2D eigenvalue weighted by molar-refractivity contribution is 8.08. The molecule has 0 unspecified atom stereocenters. The average Bonchev–Trinajstić information content (AvgIpc) is 3.54. The quantitative estimate of drug-likeness (QED) is 0.503. The van der Waals surface area contributed by atoms with Crippen LogP contribution in [0.25, 0.3) is 10.6 Å². The standard InChI is InChI=1S/C28H28N4O3S2/c1-17-23(25(33)32(29-17)19-12-8-5-9-13-19)27-31(18-10-6-4-7-11-18)26(34)24(37-27)28-30(2)21-16-20(35-3)14-15-22(21)36-28/h5,8-9,12-16,18H,4,6-7,10-11H2,1-3H3/b27-23?,28-24-. The number of carbonyl (C=O) groups excluding carboxylic acids is 1. The number of para-hydroxylation sites is 1. The average molecular weight is 533 g/mol. The van der Waals surface area contributed by atoms with Crippen molar-refractivity contribution in [2.24, 2.45) is 5.10 Å². The van der Waals surface area contributed by atoms with E-state index in [4.69, 9.17) is 4.74 Å². The Balaban J connectivity index is 1.57. The molecule has 1 aromatic heterocycles. The Morgan fingerprint density at radius 1 is 1.03 bits per heavy atom. The number of aromatic nitrogens is 1. The van der Waals surface area contributed by atoms with Crippen molar-refractivity contribution in [2.45, 2.75) is 50.0 Å². The van der Waals surface area contributed by atoms with Crippen molar-refractivity contribution in [1.29, 1.82) is 0 Å². The van der Waals surface area contributed by atoms with E-state index in [-0.39, 0.29) is 17.5 Å². The molecule has 2 aliphatic heterocycles. The predicted octanol–water partition coefficient (Wildman–Crippen LogP) is 4.30. The Bertz CT molecular complexity index is 1600. The van der Waals surface area contributed by atoms with Crippen LogP contribution in [0.2, 0.25) is 0 Å². The first-order chi connectivity index (χ1) is 18.0. The van der Waals surface area contributed by atoms with Crippen LogP contribution in [0.15, 0.2) is 63.3 Å². The van der Waals surface area contributed by atoms with Gasteiger partial charge in [-0.15, -0.1) is 11.3 Å². The fraction of sp³-hybridized carbons (Fsp3) is 0.321. The van der Waals surface area contributed by atoms with E-state index in [2.05, 4.69) is 10.0 Å². The molecule has 0 atom stereocenters. The highest BCUT2D eigenvalue weighted by atomic mass is 32.2. The molecular weight excluding hydrogens is 504 g/mol. The zero-order valence-corrected chi connectivity index (χ0v) is 22.7. The van der Waals surface area contributed by atoms with Gasteiger partial charge in [0.15, 0.2) is 0 Å². The first kappa shape index (κ1) is 24.1. The van der Waals surface area contributed by atoms with E-state index in [0.717, 1.165) is 52.7 Å². The summed E-state index contributed by atoms with van der Waals surface area (Å²) in [6.07, 6.45) is 5.25. The Morgan fingerprint density at radius 2 is 1.78 bits per heavy atom. The number of benzene rings is 2. The molecule has 1 saturated carbocycles. The summed E-state index contributed by atoms with van der Waals surface area (Å²) in [5.74, 6) is 0.588. The summed E-state index contributed by atoms with van der Waals surface area (Å²) in [6, 6.07) is 15.5. The van der Waals surface area contributed by atoms with E-state index in [1.54, 1.807) is 18.9 Å². The van der Waals surface area contributed by atoms with Gasteiger partial charge in [0.25, 0.3) is 11.5 Å². The third-order valence-electron chi connectivity index (χ3n) is 7.24. The Kier molecular flexibility index (Phi) is 6.20. The fourth-order valence-electron chi connectivity index (χ4n) is 5.32. The number of thioether (sulfide) groups is 1. The summed E-state index contributed by atoms with van der Waals surface area (Å²) >= 11 is 3.01. The highest BCUT2D eigenvalue weighted by Gasteiger charge is 2.33. The van der Waals surface area contributed by atoms with E-state index in [0.29, 0.717) is 20.5 Å². The number of carbonyl (C=O) groups is 1. The molecular formula is C28H28N4O3S2. The van der Waals surface area contributed by atoms with Gasteiger partial charge in [0.2, 0.25) is 0 Å². The summed E-state index contributed by atoms with van der Waals surface area (Å²) in [6.45, 7) is 1.86. The van der Waals surface area contributed by atoms with Crippen molar-refractivity contribution in [1.82, 2.24) is 4.57 Å². The van der Waals surface area contributed by atoms with Crippen LogP contribution >= 0.6 is 23.1 Å². The smallest absolute Gasteiger partial charge is 0.283 e. The van der Waals surface area contributed by atoms with Crippen LogP contribution in [0, 0.1) is 0 Å². The van der Waals surface area contributed by atoms with Gasteiger partial charge in [0, 0.05) is 24.1 Å². The molecule has 7 nitrogen and oxygen atoms in total. The van der Waals surface area contributed by atoms with Crippen molar-refractivity contribution in [2.75, 3.05) is 24.1 Å². The van der Waals surface area contributed by atoms with E-state index < -0.39 is 0 Å². The maximum atomic E-state index is 14.1. The van der Waals surface area contributed by atoms with Crippen molar-refractivity contribution >= 4 is 56.7 Å². The van der Waals surface area contributed by atoms with Crippen LogP contribution in [0.4, 0.5) is 11.4 Å². The van der Waals surface area contributed by atoms with Gasteiger partial charge in [0.1, 0.15) is 20.0 Å². The minimum atomic E-state index is -0.188. The van der Waals surface area contributed by atoms with Crippen molar-refractivity contribution in [3.63, 3.8) is 0 Å². The number of methoxy groups -OCH3 is 1. The minimum Gasteiger partial charge on any atom is -0.497 e. The van der Waals surface area contributed by atoms with Gasteiger partial charge in [0.05, 0.1) is 29.8 Å². The number of fused-ring (bicyclic) bond motifs is 1. The van der Waals surface area contributed by atoms with Crippen molar-refractivity contribution in [3.8, 4) is 5.75 Å². The third-order valence-corrected chi connectivity index (χ3v) is 9.77. The molecule has 3 heterocycles. The summed E-state index contributed by atoms with van der Waals surface area (Å²) in [5, 5.41) is 6.94. The molecule has 9 heteroatoms. The van der Waals surface area contributed by atoms with E-state index in [9.17, 15) is 9.59 Å². The number of ether oxygens (including phenoxy) is 1. The summed E-state index contributed by atoms with van der Waals surface area (Å²) in [7, 11) is 3.64. The molecule has 6 rings (SSSR count). The monoisotopic (exact) mass is 532 g/mol. The first-order valence-corrected chi connectivity index (χ1v) is 14.2. The predicted molar refractivity (Wildman–Crippen MR) is 151 cm³/mol. The number of hydrogen-bond acceptors (Lipinski definition) is 7. The third kappa shape index (κ3) is 4.01.